The van der Waals surface area contributed by atoms with Crippen molar-refractivity contribution in [2.24, 2.45) is 0 Å². The summed E-state index contributed by atoms with van der Waals surface area (Å²) in [4.78, 5) is 12.4. The number of aliphatic hydroxyl groups is 2. The SMILES string of the molecule is CC/C=C\C/C=C\C/C=C\C/C=C\CCCCCCCCCCCCCCCCCCC(=O)NC(CO)C(O)/C=C/CCCCCCCCCCC. The summed E-state index contributed by atoms with van der Waals surface area (Å²) in [5.74, 6) is -0.0665. The monoisotopic (exact) mass is 726 g/mol. The van der Waals surface area contributed by atoms with Crippen molar-refractivity contribution in [3.63, 3.8) is 0 Å². The van der Waals surface area contributed by atoms with Crippen LogP contribution in [0.4, 0.5) is 0 Å². The van der Waals surface area contributed by atoms with Crippen molar-refractivity contribution < 1.29 is 15.0 Å². The predicted octanol–water partition coefficient (Wildman–Crippen LogP) is 14.1. The number of carbonyl (C=O) groups excluding carboxylic acids is 1. The standard InChI is InChI=1S/C48H87NO3/c1-3-5-7-9-11-13-15-16-17-18-19-20-21-22-23-24-25-26-27-28-29-30-31-32-34-36-38-40-42-44-48(52)49-46(45-50)47(51)43-41-39-37-35-33-14-12-10-8-6-4-2/h5,7,11,13,16-17,19-20,41,43,46-47,50-51H,3-4,6,8-10,12,14-15,18,21-40,42,44-45H2,1-2H3,(H,49,52)/b7-5-,13-11-,17-16-,20-19-,43-41+. The van der Waals surface area contributed by atoms with Gasteiger partial charge in [-0.3, -0.25) is 4.79 Å². The molecule has 2 atom stereocenters. The van der Waals surface area contributed by atoms with Crippen LogP contribution in [0.25, 0.3) is 0 Å². The number of hydrogen-bond donors (Lipinski definition) is 3. The van der Waals surface area contributed by atoms with Gasteiger partial charge in [0.15, 0.2) is 0 Å². The summed E-state index contributed by atoms with van der Waals surface area (Å²) in [5, 5.41) is 22.9. The lowest BCUT2D eigenvalue weighted by Crippen LogP contribution is -2.45. The Bertz CT molecular complexity index is 873. The normalized spacial score (nSPS) is 13.5. The van der Waals surface area contributed by atoms with Gasteiger partial charge < -0.3 is 15.5 Å². The van der Waals surface area contributed by atoms with Gasteiger partial charge in [-0.25, -0.2) is 0 Å². The zero-order chi connectivity index (χ0) is 37.8. The van der Waals surface area contributed by atoms with Gasteiger partial charge in [-0.2, -0.15) is 0 Å². The predicted molar refractivity (Wildman–Crippen MR) is 230 cm³/mol. The molecule has 0 aliphatic carbocycles. The van der Waals surface area contributed by atoms with Crippen molar-refractivity contribution in [1.82, 2.24) is 5.32 Å². The molecule has 0 aliphatic rings. The van der Waals surface area contributed by atoms with Crippen molar-refractivity contribution in [3.8, 4) is 0 Å². The summed E-state index contributed by atoms with van der Waals surface area (Å²) in [6, 6.07) is -0.621. The summed E-state index contributed by atoms with van der Waals surface area (Å²) in [6.45, 7) is 4.18. The summed E-state index contributed by atoms with van der Waals surface area (Å²) in [6.07, 6.45) is 60.5. The molecular weight excluding hydrogens is 639 g/mol. The Morgan fingerprint density at radius 3 is 1.27 bits per heavy atom. The average molecular weight is 726 g/mol. The van der Waals surface area contributed by atoms with Crippen LogP contribution in [-0.2, 0) is 4.79 Å². The van der Waals surface area contributed by atoms with Crippen LogP contribution < -0.4 is 5.32 Å². The summed E-state index contributed by atoms with van der Waals surface area (Å²) < 4.78 is 0. The van der Waals surface area contributed by atoms with Gasteiger partial charge in [0.05, 0.1) is 18.8 Å². The molecule has 52 heavy (non-hydrogen) atoms. The van der Waals surface area contributed by atoms with Crippen molar-refractivity contribution in [2.45, 2.75) is 231 Å². The molecule has 1 amide bonds. The maximum atomic E-state index is 12.4. The number of carbonyl (C=O) groups is 1. The maximum absolute atomic E-state index is 12.4. The molecule has 4 heteroatoms. The van der Waals surface area contributed by atoms with E-state index in [4.69, 9.17) is 0 Å². The minimum absolute atomic E-state index is 0.0665. The smallest absolute Gasteiger partial charge is 0.220 e. The molecule has 0 heterocycles. The number of rotatable bonds is 40. The molecule has 3 N–H and O–H groups in total. The fourth-order valence-electron chi connectivity index (χ4n) is 6.58. The van der Waals surface area contributed by atoms with E-state index >= 15 is 0 Å². The van der Waals surface area contributed by atoms with Crippen molar-refractivity contribution in [3.05, 3.63) is 60.8 Å². The molecule has 0 aromatic carbocycles. The van der Waals surface area contributed by atoms with Crippen LogP contribution >= 0.6 is 0 Å². The first kappa shape index (κ1) is 50.1. The van der Waals surface area contributed by atoms with Crippen molar-refractivity contribution in [1.29, 1.82) is 0 Å². The minimum Gasteiger partial charge on any atom is -0.394 e. The van der Waals surface area contributed by atoms with Gasteiger partial charge >= 0.3 is 0 Å². The Balaban J connectivity index is 3.49. The molecule has 0 aromatic rings. The second-order valence-electron chi connectivity index (χ2n) is 15.1. The Hall–Kier alpha value is -1.91. The molecule has 302 valence electrons. The van der Waals surface area contributed by atoms with Crippen LogP contribution in [0.2, 0.25) is 0 Å². The van der Waals surface area contributed by atoms with Crippen LogP contribution in [0.15, 0.2) is 60.8 Å². The van der Waals surface area contributed by atoms with E-state index in [9.17, 15) is 15.0 Å². The lowest BCUT2D eigenvalue weighted by Gasteiger charge is -2.20. The van der Waals surface area contributed by atoms with Gasteiger partial charge in [0, 0.05) is 6.42 Å². The Morgan fingerprint density at radius 1 is 0.481 bits per heavy atom. The lowest BCUT2D eigenvalue weighted by atomic mass is 10.0. The average Bonchev–Trinajstić information content (AvgIpc) is 3.15. The quantitative estimate of drug-likeness (QED) is 0.0435. The lowest BCUT2D eigenvalue weighted by molar-refractivity contribution is -0.123. The van der Waals surface area contributed by atoms with Crippen molar-refractivity contribution >= 4 is 5.91 Å². The van der Waals surface area contributed by atoms with E-state index in [1.807, 2.05) is 6.08 Å². The molecule has 0 aromatic heterocycles. The highest BCUT2D eigenvalue weighted by Crippen LogP contribution is 2.15. The highest BCUT2D eigenvalue weighted by Gasteiger charge is 2.17. The first-order valence-electron chi connectivity index (χ1n) is 22.5. The van der Waals surface area contributed by atoms with Gasteiger partial charge in [-0.05, 0) is 57.8 Å². The number of aliphatic hydroxyl groups excluding tert-OH is 2. The van der Waals surface area contributed by atoms with Crippen LogP contribution in [-0.4, -0.2) is 34.9 Å². The zero-order valence-electron chi connectivity index (χ0n) is 34.6. The summed E-state index contributed by atoms with van der Waals surface area (Å²) in [7, 11) is 0. The molecule has 0 fully saturated rings. The van der Waals surface area contributed by atoms with E-state index in [2.05, 4.69) is 67.8 Å². The maximum Gasteiger partial charge on any atom is 0.220 e. The summed E-state index contributed by atoms with van der Waals surface area (Å²) in [5.41, 5.74) is 0. The van der Waals surface area contributed by atoms with E-state index < -0.39 is 12.1 Å². The highest BCUT2D eigenvalue weighted by molar-refractivity contribution is 5.76. The van der Waals surface area contributed by atoms with E-state index in [0.29, 0.717) is 6.42 Å². The number of nitrogens with one attached hydrogen (secondary N) is 1. The van der Waals surface area contributed by atoms with E-state index in [1.54, 1.807) is 6.08 Å². The van der Waals surface area contributed by atoms with Gasteiger partial charge in [0.1, 0.15) is 0 Å². The first-order chi connectivity index (χ1) is 25.7. The van der Waals surface area contributed by atoms with Crippen molar-refractivity contribution in [2.75, 3.05) is 6.61 Å². The number of hydrogen-bond acceptors (Lipinski definition) is 3. The third-order valence-electron chi connectivity index (χ3n) is 10.0. The first-order valence-corrected chi connectivity index (χ1v) is 22.5. The molecule has 2 unspecified atom stereocenters. The Morgan fingerprint density at radius 2 is 0.846 bits per heavy atom. The highest BCUT2D eigenvalue weighted by atomic mass is 16.3. The number of amides is 1. The van der Waals surface area contributed by atoms with Crippen LogP contribution in [0, 0.1) is 0 Å². The third-order valence-corrected chi connectivity index (χ3v) is 10.0. The second kappa shape index (κ2) is 43.5. The van der Waals surface area contributed by atoms with Crippen LogP contribution in [0.5, 0.6) is 0 Å². The molecule has 0 bridgehead atoms. The van der Waals surface area contributed by atoms with Gasteiger partial charge in [0.25, 0.3) is 0 Å². The Kier molecular flexibility index (Phi) is 41.9. The van der Waals surface area contributed by atoms with E-state index in [-0.39, 0.29) is 12.5 Å². The topological polar surface area (TPSA) is 69.6 Å². The molecule has 0 saturated heterocycles. The zero-order valence-corrected chi connectivity index (χ0v) is 34.6. The molecule has 0 rings (SSSR count). The summed E-state index contributed by atoms with van der Waals surface area (Å²) >= 11 is 0. The van der Waals surface area contributed by atoms with Gasteiger partial charge in [-0.1, -0.05) is 216 Å². The fraction of sp³-hybridized carbons (Fsp3) is 0.771. The molecule has 4 nitrogen and oxygen atoms in total. The van der Waals surface area contributed by atoms with Gasteiger partial charge in [-0.15, -0.1) is 0 Å². The fourth-order valence-corrected chi connectivity index (χ4v) is 6.58. The number of unbranched alkanes of at least 4 members (excludes halogenated alkanes) is 25. The third kappa shape index (κ3) is 39.3. The number of allylic oxidation sites excluding steroid dienone is 9. The second-order valence-corrected chi connectivity index (χ2v) is 15.1. The van der Waals surface area contributed by atoms with E-state index in [0.717, 1.165) is 51.4 Å². The Labute approximate surface area is 324 Å². The molecule has 0 spiro atoms. The molecule has 0 saturated carbocycles. The largest absolute Gasteiger partial charge is 0.394 e. The van der Waals surface area contributed by atoms with E-state index in [1.165, 1.54) is 148 Å². The molecule has 0 radical (unpaired) electrons. The molecular formula is C48H87NO3. The minimum atomic E-state index is -0.838. The van der Waals surface area contributed by atoms with Crippen LogP contribution in [0.1, 0.15) is 219 Å². The molecule has 0 aliphatic heterocycles. The van der Waals surface area contributed by atoms with Crippen LogP contribution in [0.3, 0.4) is 0 Å². The van der Waals surface area contributed by atoms with Gasteiger partial charge in [0.2, 0.25) is 5.91 Å².